The predicted molar refractivity (Wildman–Crippen MR) is 58.5 cm³/mol. The molecule has 0 amide bonds. The number of aliphatic hydroxyl groups excluding tert-OH is 1. The summed E-state index contributed by atoms with van der Waals surface area (Å²) in [7, 11) is 0. The van der Waals surface area contributed by atoms with Gasteiger partial charge in [0.25, 0.3) is 0 Å². The first-order valence-corrected chi connectivity index (χ1v) is 5.22. The Bertz CT molecular complexity index is 309. The fourth-order valence-corrected chi connectivity index (χ4v) is 1.38. The van der Waals surface area contributed by atoms with Gasteiger partial charge < -0.3 is 16.2 Å². The van der Waals surface area contributed by atoms with E-state index in [2.05, 4.69) is 15.5 Å². The molecule has 0 aromatic carbocycles. The number of aromatic nitrogens is 3. The molecule has 6 nitrogen and oxygen atoms in total. The zero-order valence-electron chi connectivity index (χ0n) is 9.44. The summed E-state index contributed by atoms with van der Waals surface area (Å²) in [4.78, 5) is 0. The lowest BCUT2D eigenvalue weighted by molar-refractivity contribution is 0.158. The molecule has 0 bridgehead atoms. The number of nitrogens with two attached hydrogens (primary N) is 1. The number of aliphatic hydroxyl groups is 1. The van der Waals surface area contributed by atoms with Crippen molar-refractivity contribution < 1.29 is 5.11 Å². The first kappa shape index (κ1) is 11.9. The van der Waals surface area contributed by atoms with Crippen LogP contribution in [0.15, 0.2) is 0 Å². The van der Waals surface area contributed by atoms with E-state index < -0.39 is 12.1 Å². The van der Waals surface area contributed by atoms with Gasteiger partial charge in [0.1, 0.15) is 0 Å². The van der Waals surface area contributed by atoms with Gasteiger partial charge in [-0.05, 0) is 20.8 Å². The summed E-state index contributed by atoms with van der Waals surface area (Å²) in [5.41, 5.74) is 5.82. The lowest BCUT2D eigenvalue weighted by Gasteiger charge is -2.15. The minimum Gasteiger partial charge on any atom is -0.391 e. The molecule has 1 aromatic heterocycles. The van der Waals surface area contributed by atoms with E-state index in [4.69, 9.17) is 5.73 Å². The van der Waals surface area contributed by atoms with Crippen LogP contribution in [-0.2, 0) is 6.54 Å². The number of hydrogen-bond acceptors (Lipinski definition) is 5. The maximum atomic E-state index is 9.41. The molecule has 0 radical (unpaired) electrons. The third-order valence-electron chi connectivity index (χ3n) is 2.25. The summed E-state index contributed by atoms with van der Waals surface area (Å²) in [5.74, 6) is 1.31. The molecule has 15 heavy (non-hydrogen) atoms. The molecule has 4 N–H and O–H groups in total. The van der Waals surface area contributed by atoms with Crippen molar-refractivity contribution in [2.75, 3.05) is 11.9 Å². The summed E-state index contributed by atoms with van der Waals surface area (Å²) in [6, 6.07) is -0.496. The second-order valence-electron chi connectivity index (χ2n) is 3.42. The highest BCUT2D eigenvalue weighted by molar-refractivity contribution is 5.26. The highest BCUT2D eigenvalue weighted by atomic mass is 16.3. The quantitative estimate of drug-likeness (QED) is 0.646. The standard InChI is InChI=1S/C9H19N5O/c1-4-11-9-13-12-8(14(9)5-2)7(10)6(3)15/h6-7,15H,4-5,10H2,1-3H3,(H,11,13)/t6-,7+/m1/s1. The Balaban J connectivity index is 2.98. The van der Waals surface area contributed by atoms with Crippen molar-refractivity contribution in [2.24, 2.45) is 5.73 Å². The molecule has 0 spiro atoms. The Hall–Kier alpha value is -1.14. The molecule has 1 rings (SSSR count). The first-order chi connectivity index (χ1) is 7.11. The van der Waals surface area contributed by atoms with Crippen LogP contribution in [0.25, 0.3) is 0 Å². The summed E-state index contributed by atoms with van der Waals surface area (Å²) < 4.78 is 1.88. The number of rotatable bonds is 5. The van der Waals surface area contributed by atoms with Crippen LogP contribution >= 0.6 is 0 Å². The first-order valence-electron chi connectivity index (χ1n) is 5.22. The second-order valence-corrected chi connectivity index (χ2v) is 3.42. The molecule has 0 fully saturated rings. The van der Waals surface area contributed by atoms with Crippen molar-refractivity contribution in [1.82, 2.24) is 14.8 Å². The van der Waals surface area contributed by atoms with Gasteiger partial charge in [0, 0.05) is 13.1 Å². The van der Waals surface area contributed by atoms with Crippen molar-refractivity contribution >= 4 is 5.95 Å². The van der Waals surface area contributed by atoms with E-state index in [0.29, 0.717) is 11.8 Å². The number of anilines is 1. The average molecular weight is 213 g/mol. The van der Waals surface area contributed by atoms with E-state index in [1.807, 2.05) is 18.4 Å². The van der Waals surface area contributed by atoms with Gasteiger partial charge in [-0.25, -0.2) is 0 Å². The van der Waals surface area contributed by atoms with Crippen LogP contribution in [0.3, 0.4) is 0 Å². The van der Waals surface area contributed by atoms with E-state index in [1.54, 1.807) is 6.92 Å². The van der Waals surface area contributed by atoms with Gasteiger partial charge in [-0.15, -0.1) is 10.2 Å². The molecule has 0 aliphatic carbocycles. The molecule has 0 aliphatic rings. The Labute approximate surface area is 89.5 Å². The van der Waals surface area contributed by atoms with Crippen molar-refractivity contribution in [1.29, 1.82) is 0 Å². The smallest absolute Gasteiger partial charge is 0.224 e. The summed E-state index contributed by atoms with van der Waals surface area (Å²) >= 11 is 0. The van der Waals surface area contributed by atoms with Crippen LogP contribution in [-0.4, -0.2) is 32.5 Å². The van der Waals surface area contributed by atoms with Gasteiger partial charge >= 0.3 is 0 Å². The van der Waals surface area contributed by atoms with Crippen molar-refractivity contribution in [3.05, 3.63) is 5.82 Å². The third-order valence-corrected chi connectivity index (χ3v) is 2.25. The topological polar surface area (TPSA) is 89.0 Å². The Morgan fingerprint density at radius 2 is 2.13 bits per heavy atom. The Kier molecular flexibility index (Phi) is 4.05. The molecule has 0 saturated heterocycles. The number of nitrogens with one attached hydrogen (secondary N) is 1. The van der Waals surface area contributed by atoms with E-state index in [1.165, 1.54) is 0 Å². The summed E-state index contributed by atoms with van der Waals surface area (Å²) in [5, 5.41) is 20.5. The van der Waals surface area contributed by atoms with Gasteiger partial charge in [0.05, 0.1) is 12.1 Å². The van der Waals surface area contributed by atoms with Crippen molar-refractivity contribution in [3.63, 3.8) is 0 Å². The average Bonchev–Trinajstić information content (AvgIpc) is 2.60. The fraction of sp³-hybridized carbons (Fsp3) is 0.778. The SMILES string of the molecule is CCNc1nnc([C@@H](N)[C@@H](C)O)n1CC. The van der Waals surface area contributed by atoms with Gasteiger partial charge in [-0.1, -0.05) is 0 Å². The minimum absolute atomic E-state index is 0.496. The van der Waals surface area contributed by atoms with Crippen LogP contribution in [0.2, 0.25) is 0 Å². The van der Waals surface area contributed by atoms with E-state index in [9.17, 15) is 5.11 Å². The molecule has 86 valence electrons. The van der Waals surface area contributed by atoms with E-state index in [-0.39, 0.29) is 0 Å². The normalized spacial score (nSPS) is 15.0. The van der Waals surface area contributed by atoms with Crippen LogP contribution < -0.4 is 11.1 Å². The Morgan fingerprint density at radius 3 is 2.60 bits per heavy atom. The fourth-order valence-electron chi connectivity index (χ4n) is 1.38. The maximum Gasteiger partial charge on any atom is 0.224 e. The van der Waals surface area contributed by atoms with Crippen LogP contribution in [0.5, 0.6) is 0 Å². The van der Waals surface area contributed by atoms with Crippen LogP contribution in [0.4, 0.5) is 5.95 Å². The van der Waals surface area contributed by atoms with Gasteiger partial charge in [0.15, 0.2) is 5.82 Å². The zero-order chi connectivity index (χ0) is 11.4. The third kappa shape index (κ3) is 2.45. The maximum absolute atomic E-state index is 9.41. The molecule has 6 heteroatoms. The molecule has 0 unspecified atom stereocenters. The number of hydrogen-bond donors (Lipinski definition) is 3. The molecule has 2 atom stereocenters. The molecule has 1 aromatic rings. The summed E-state index contributed by atoms with van der Waals surface area (Å²) in [6.07, 6.45) is -0.631. The number of nitrogens with zero attached hydrogens (tertiary/aromatic N) is 3. The minimum atomic E-state index is -0.631. The monoisotopic (exact) mass is 213 g/mol. The highest BCUT2D eigenvalue weighted by Crippen LogP contribution is 2.15. The van der Waals surface area contributed by atoms with Crippen molar-refractivity contribution in [3.8, 4) is 0 Å². The second kappa shape index (κ2) is 5.09. The highest BCUT2D eigenvalue weighted by Gasteiger charge is 2.20. The van der Waals surface area contributed by atoms with E-state index >= 15 is 0 Å². The van der Waals surface area contributed by atoms with E-state index in [0.717, 1.165) is 13.1 Å². The van der Waals surface area contributed by atoms with Crippen molar-refractivity contribution in [2.45, 2.75) is 39.5 Å². The lowest BCUT2D eigenvalue weighted by atomic mass is 10.2. The van der Waals surface area contributed by atoms with Crippen LogP contribution in [0, 0.1) is 0 Å². The molecular formula is C9H19N5O. The lowest BCUT2D eigenvalue weighted by Crippen LogP contribution is -2.27. The van der Waals surface area contributed by atoms with Crippen LogP contribution in [0.1, 0.15) is 32.6 Å². The Morgan fingerprint density at radius 1 is 1.47 bits per heavy atom. The van der Waals surface area contributed by atoms with Gasteiger partial charge in [-0.2, -0.15) is 0 Å². The van der Waals surface area contributed by atoms with Gasteiger partial charge in [0.2, 0.25) is 5.95 Å². The predicted octanol–water partition coefficient (Wildman–Crippen LogP) is 0.110. The van der Waals surface area contributed by atoms with Gasteiger partial charge in [-0.3, -0.25) is 4.57 Å². The molecule has 0 aliphatic heterocycles. The molecule has 0 saturated carbocycles. The zero-order valence-corrected chi connectivity index (χ0v) is 9.44. The molecular weight excluding hydrogens is 194 g/mol. The molecule has 1 heterocycles. The summed E-state index contributed by atoms with van der Waals surface area (Å²) in [6.45, 7) is 7.13. The largest absolute Gasteiger partial charge is 0.391 e.